The Hall–Kier alpha value is -2.36. The average molecular weight is 255 g/mol. The molecule has 1 amide bonds. The normalized spacial score (nSPS) is 10.3. The monoisotopic (exact) mass is 255 g/mol. The van der Waals surface area contributed by atoms with Crippen LogP contribution >= 0.6 is 0 Å². The minimum atomic E-state index is -0.0962. The van der Waals surface area contributed by atoms with Gasteiger partial charge in [-0.2, -0.15) is 0 Å². The number of carbonyl (C=O) groups excluding carboxylic acids is 1. The van der Waals surface area contributed by atoms with Gasteiger partial charge in [0, 0.05) is 24.0 Å². The summed E-state index contributed by atoms with van der Waals surface area (Å²) in [5.74, 6) is 0.265. The van der Waals surface area contributed by atoms with Gasteiger partial charge < -0.3 is 10.6 Å². The maximum absolute atomic E-state index is 12.4. The Labute approximate surface area is 112 Å². The highest BCUT2D eigenvalue weighted by Gasteiger charge is 2.14. The van der Waals surface area contributed by atoms with Gasteiger partial charge in [0.2, 0.25) is 0 Å². The molecular weight excluding hydrogens is 238 g/mol. The predicted octanol–water partition coefficient (Wildman–Crippen LogP) is 2.56. The summed E-state index contributed by atoms with van der Waals surface area (Å²) in [5.41, 5.74) is 8.97. The van der Waals surface area contributed by atoms with E-state index in [1.54, 1.807) is 24.1 Å². The number of benzene rings is 1. The minimum Gasteiger partial charge on any atom is -0.384 e. The molecule has 2 N–H and O–H groups in total. The van der Waals surface area contributed by atoms with Crippen molar-refractivity contribution in [2.45, 2.75) is 13.8 Å². The van der Waals surface area contributed by atoms with Gasteiger partial charge in [-0.15, -0.1) is 0 Å². The molecule has 2 rings (SSSR count). The molecule has 0 spiro atoms. The molecule has 98 valence electrons. The summed E-state index contributed by atoms with van der Waals surface area (Å²) in [6, 6.07) is 11.1. The number of nitrogens with two attached hydrogens (primary N) is 1. The summed E-state index contributed by atoms with van der Waals surface area (Å²) in [6.07, 6.45) is 0. The molecule has 2 aromatic rings. The molecule has 4 nitrogen and oxygen atoms in total. The number of aromatic nitrogens is 1. The van der Waals surface area contributed by atoms with E-state index < -0.39 is 0 Å². The Morgan fingerprint density at radius 1 is 1.16 bits per heavy atom. The third-order valence-electron chi connectivity index (χ3n) is 2.95. The maximum atomic E-state index is 12.4. The Morgan fingerprint density at radius 2 is 1.79 bits per heavy atom. The fraction of sp³-hybridized carbons (Fsp3) is 0.200. The molecule has 1 aromatic heterocycles. The Morgan fingerprint density at radius 3 is 2.37 bits per heavy atom. The zero-order chi connectivity index (χ0) is 14.0. The number of rotatable bonds is 2. The number of hydrogen-bond donors (Lipinski definition) is 1. The first kappa shape index (κ1) is 13.1. The second kappa shape index (κ2) is 5.10. The molecule has 0 unspecified atom stereocenters. The number of carbonyl (C=O) groups is 1. The number of nitrogen functional groups attached to an aromatic ring is 1. The van der Waals surface area contributed by atoms with Gasteiger partial charge in [-0.1, -0.05) is 17.7 Å². The van der Waals surface area contributed by atoms with Crippen molar-refractivity contribution in [3.05, 3.63) is 53.2 Å². The molecule has 0 aliphatic carbocycles. The predicted molar refractivity (Wildman–Crippen MR) is 77.3 cm³/mol. The van der Waals surface area contributed by atoms with E-state index in [0.29, 0.717) is 11.4 Å². The lowest BCUT2D eigenvalue weighted by molar-refractivity contribution is 0.0993. The van der Waals surface area contributed by atoms with E-state index in [4.69, 9.17) is 5.73 Å². The highest BCUT2D eigenvalue weighted by molar-refractivity contribution is 6.06. The van der Waals surface area contributed by atoms with Crippen LogP contribution in [0.4, 0.5) is 11.5 Å². The van der Waals surface area contributed by atoms with Gasteiger partial charge >= 0.3 is 0 Å². The van der Waals surface area contributed by atoms with E-state index in [1.807, 2.05) is 38.1 Å². The zero-order valence-electron chi connectivity index (χ0n) is 11.3. The number of amides is 1. The molecule has 1 aromatic carbocycles. The standard InChI is InChI=1S/C15H17N3O/c1-10-4-6-13(7-5-10)18(3)15(19)12-8-11(2)17-14(16)9-12/h4-9H,1-3H3,(H2,16,17). The largest absolute Gasteiger partial charge is 0.384 e. The second-order valence-electron chi connectivity index (χ2n) is 4.62. The van der Waals surface area contributed by atoms with Crippen molar-refractivity contribution in [2.24, 2.45) is 0 Å². The summed E-state index contributed by atoms with van der Waals surface area (Å²) in [6.45, 7) is 3.83. The van der Waals surface area contributed by atoms with Crippen LogP contribution in [0.1, 0.15) is 21.6 Å². The van der Waals surface area contributed by atoms with Gasteiger partial charge in [-0.3, -0.25) is 4.79 Å². The molecule has 1 heterocycles. The minimum absolute atomic E-state index is 0.0962. The summed E-state index contributed by atoms with van der Waals surface area (Å²) in [4.78, 5) is 18.0. The van der Waals surface area contributed by atoms with Gasteiger partial charge in [0.05, 0.1) is 0 Å². The van der Waals surface area contributed by atoms with Gasteiger partial charge in [-0.05, 0) is 38.1 Å². The lowest BCUT2D eigenvalue weighted by atomic mass is 10.1. The van der Waals surface area contributed by atoms with Gasteiger partial charge in [0.15, 0.2) is 0 Å². The zero-order valence-corrected chi connectivity index (χ0v) is 11.3. The van der Waals surface area contributed by atoms with Gasteiger partial charge in [0.1, 0.15) is 5.82 Å². The molecule has 0 bridgehead atoms. The molecule has 0 fully saturated rings. The lowest BCUT2D eigenvalue weighted by Crippen LogP contribution is -2.26. The molecule has 0 radical (unpaired) electrons. The quantitative estimate of drug-likeness (QED) is 0.897. The van der Waals surface area contributed by atoms with Crippen LogP contribution in [0.15, 0.2) is 36.4 Å². The Kier molecular flexibility index (Phi) is 3.51. The molecule has 4 heteroatoms. The Balaban J connectivity index is 2.30. The van der Waals surface area contributed by atoms with Gasteiger partial charge in [0.25, 0.3) is 5.91 Å². The van der Waals surface area contributed by atoms with Crippen LogP contribution in [-0.2, 0) is 0 Å². The van der Waals surface area contributed by atoms with Gasteiger partial charge in [-0.25, -0.2) is 4.98 Å². The van der Waals surface area contributed by atoms with Crippen LogP contribution in [0, 0.1) is 13.8 Å². The second-order valence-corrected chi connectivity index (χ2v) is 4.62. The molecule has 0 aliphatic heterocycles. The third kappa shape index (κ3) is 2.91. The van der Waals surface area contributed by atoms with E-state index >= 15 is 0 Å². The Bertz CT molecular complexity index is 585. The summed E-state index contributed by atoms with van der Waals surface area (Å²) in [5, 5.41) is 0. The third-order valence-corrected chi connectivity index (χ3v) is 2.95. The number of anilines is 2. The number of pyridine rings is 1. The van der Waals surface area contributed by atoms with Crippen molar-refractivity contribution in [3.8, 4) is 0 Å². The van der Waals surface area contributed by atoms with Crippen molar-refractivity contribution in [3.63, 3.8) is 0 Å². The molecule has 19 heavy (non-hydrogen) atoms. The summed E-state index contributed by atoms with van der Waals surface area (Å²) < 4.78 is 0. The van der Waals surface area contributed by atoms with Crippen molar-refractivity contribution in [1.29, 1.82) is 0 Å². The van der Waals surface area contributed by atoms with Crippen LogP contribution in [0.3, 0.4) is 0 Å². The summed E-state index contributed by atoms with van der Waals surface area (Å²) in [7, 11) is 1.75. The SMILES string of the molecule is Cc1ccc(N(C)C(=O)c2cc(C)nc(N)c2)cc1. The number of nitrogens with zero attached hydrogens (tertiary/aromatic N) is 2. The highest BCUT2D eigenvalue weighted by atomic mass is 16.2. The maximum Gasteiger partial charge on any atom is 0.258 e. The van der Waals surface area contributed by atoms with E-state index in [-0.39, 0.29) is 5.91 Å². The molecule has 0 aliphatic rings. The van der Waals surface area contributed by atoms with Crippen LogP contribution in [0.25, 0.3) is 0 Å². The van der Waals surface area contributed by atoms with E-state index in [0.717, 1.165) is 16.9 Å². The van der Waals surface area contributed by atoms with Crippen LogP contribution in [-0.4, -0.2) is 17.9 Å². The fourth-order valence-electron chi connectivity index (χ4n) is 1.90. The first-order valence-electron chi connectivity index (χ1n) is 6.06. The van der Waals surface area contributed by atoms with Crippen LogP contribution < -0.4 is 10.6 Å². The lowest BCUT2D eigenvalue weighted by Gasteiger charge is -2.18. The molecule has 0 saturated heterocycles. The van der Waals surface area contributed by atoms with Crippen molar-refractivity contribution >= 4 is 17.4 Å². The first-order valence-corrected chi connectivity index (χ1v) is 6.06. The van der Waals surface area contributed by atoms with E-state index in [1.165, 1.54) is 0 Å². The van der Waals surface area contributed by atoms with E-state index in [2.05, 4.69) is 4.98 Å². The number of aryl methyl sites for hydroxylation is 2. The van der Waals surface area contributed by atoms with Crippen molar-refractivity contribution in [1.82, 2.24) is 4.98 Å². The fourth-order valence-corrected chi connectivity index (χ4v) is 1.90. The number of hydrogen-bond acceptors (Lipinski definition) is 3. The molecule has 0 atom stereocenters. The topological polar surface area (TPSA) is 59.2 Å². The molecular formula is C15H17N3O. The van der Waals surface area contributed by atoms with Crippen LogP contribution in [0.5, 0.6) is 0 Å². The molecule has 0 saturated carbocycles. The van der Waals surface area contributed by atoms with Crippen molar-refractivity contribution < 1.29 is 4.79 Å². The average Bonchev–Trinajstić information content (AvgIpc) is 2.37. The highest BCUT2D eigenvalue weighted by Crippen LogP contribution is 2.17. The van der Waals surface area contributed by atoms with Crippen LogP contribution in [0.2, 0.25) is 0 Å². The first-order chi connectivity index (χ1) is 8.97. The van der Waals surface area contributed by atoms with Crippen molar-refractivity contribution in [2.75, 3.05) is 17.7 Å². The van der Waals surface area contributed by atoms with E-state index in [9.17, 15) is 4.79 Å². The summed E-state index contributed by atoms with van der Waals surface area (Å²) >= 11 is 0. The smallest absolute Gasteiger partial charge is 0.258 e.